The fourth-order valence-corrected chi connectivity index (χ4v) is 12.0. The Hall–Kier alpha value is -10.1. The van der Waals surface area contributed by atoms with Crippen molar-refractivity contribution in [2.24, 2.45) is 5.92 Å². The lowest BCUT2D eigenvalue weighted by Gasteiger charge is -2.37. The van der Waals surface area contributed by atoms with Crippen molar-refractivity contribution >= 4 is 96.5 Å². The van der Waals surface area contributed by atoms with Gasteiger partial charge in [0.25, 0.3) is 5.56 Å². The van der Waals surface area contributed by atoms with Gasteiger partial charge in [0.1, 0.15) is 24.7 Å². The van der Waals surface area contributed by atoms with Crippen LogP contribution in [-0.2, 0) is 70.3 Å². The number of urea groups is 1. The Bertz CT molecular complexity index is 4310. The number of nitrogens with one attached hydrogen (secondary N) is 8. The molecule has 4 aromatic heterocycles. The predicted molar refractivity (Wildman–Crippen MR) is 323 cm³/mol. The number of cyclic esters (lactones) is 1. The third kappa shape index (κ3) is 12.0. The molecule has 11 rings (SSSR count). The van der Waals surface area contributed by atoms with Crippen molar-refractivity contribution in [2.45, 2.75) is 81.8 Å². The summed E-state index contributed by atoms with van der Waals surface area (Å²) in [4.78, 5) is 102. The van der Waals surface area contributed by atoms with E-state index in [1.54, 1.807) is 92.1 Å². The third-order valence-electron chi connectivity index (χ3n) is 14.9. The number of hydrogen-bond acceptors (Lipinski definition) is 14. The van der Waals surface area contributed by atoms with E-state index in [9.17, 15) is 42.3 Å². The maximum Gasteiger partial charge on any atom is 0.355 e. The zero-order chi connectivity index (χ0) is 60.4. The minimum atomic E-state index is -4.40. The molecule has 2 aliphatic heterocycles. The van der Waals surface area contributed by atoms with Crippen LogP contribution in [0.5, 0.6) is 0 Å². The highest BCUT2D eigenvalue weighted by atomic mass is 32.2. The summed E-state index contributed by atoms with van der Waals surface area (Å²) in [6.45, 7) is 4.95. The molecule has 2 aliphatic rings. The number of carbonyl (C=O) groups excluding carboxylic acids is 4. The number of H-pyrrole nitrogens is 2. The van der Waals surface area contributed by atoms with E-state index in [2.05, 4.69) is 51.2 Å². The van der Waals surface area contributed by atoms with Crippen LogP contribution in [0.3, 0.4) is 0 Å². The van der Waals surface area contributed by atoms with Crippen molar-refractivity contribution in [3.05, 3.63) is 184 Å². The van der Waals surface area contributed by atoms with E-state index in [0.29, 0.717) is 50.7 Å². The predicted octanol–water partition coefficient (Wildman–Crippen LogP) is 7.25. The maximum absolute atomic E-state index is 14.5. The number of benzene rings is 5. The number of thiocarbonyl (C=S) groups is 1. The molecule has 0 fully saturated rings. The number of nitrogens with zero attached hydrogens (tertiary/aromatic N) is 4. The molecule has 25 heteroatoms. The van der Waals surface area contributed by atoms with Gasteiger partial charge in [0.2, 0.25) is 27.5 Å². The van der Waals surface area contributed by atoms with E-state index in [1.807, 2.05) is 48.5 Å². The van der Waals surface area contributed by atoms with Gasteiger partial charge in [0, 0.05) is 46.2 Å². The first-order chi connectivity index (χ1) is 41.3. The molecule has 86 heavy (non-hydrogen) atoms. The molecule has 6 heterocycles. The number of esters is 2. The van der Waals surface area contributed by atoms with Gasteiger partial charge in [-0.15, -0.1) is 0 Å². The molecule has 438 valence electrons. The summed E-state index contributed by atoms with van der Waals surface area (Å²) < 4.78 is 43.3. The zero-order valence-electron chi connectivity index (χ0n) is 46.3. The van der Waals surface area contributed by atoms with Gasteiger partial charge < -0.3 is 50.4 Å². The van der Waals surface area contributed by atoms with Crippen molar-refractivity contribution in [2.75, 3.05) is 16.0 Å². The second-order valence-corrected chi connectivity index (χ2v) is 23.2. The number of rotatable bonds is 19. The fourth-order valence-electron chi connectivity index (χ4n) is 10.5. The summed E-state index contributed by atoms with van der Waals surface area (Å²) in [5.41, 5.74) is 4.78. The quantitative estimate of drug-likeness (QED) is 0.0284. The van der Waals surface area contributed by atoms with Gasteiger partial charge in [-0.3, -0.25) is 19.7 Å². The minimum Gasteiger partial charge on any atom is -0.480 e. The number of aromatic nitrogens is 6. The lowest BCUT2D eigenvalue weighted by molar-refractivity contribution is -0.191. The number of carboxylic acid groups (broad SMARTS) is 1. The van der Waals surface area contributed by atoms with Crippen LogP contribution < -0.4 is 36.9 Å². The summed E-state index contributed by atoms with van der Waals surface area (Å²) in [5, 5.41) is 25.4. The first-order valence-electron chi connectivity index (χ1n) is 27.3. The first-order valence-corrected chi connectivity index (χ1v) is 29.2. The van der Waals surface area contributed by atoms with Crippen LogP contribution in [0.25, 0.3) is 44.5 Å². The number of amides is 3. The highest BCUT2D eigenvalue weighted by Gasteiger charge is 2.51. The normalized spacial score (nSPS) is 15.3. The number of para-hydroxylation sites is 3. The lowest BCUT2D eigenvalue weighted by atomic mass is 9.85. The number of sulfonamides is 1. The number of aliphatic carboxylic acids is 1. The molecule has 0 radical (unpaired) electrons. The van der Waals surface area contributed by atoms with Crippen molar-refractivity contribution in [1.82, 2.24) is 44.8 Å². The number of fused-ring (bicyclic) bond motifs is 6. The standard InChI is InChI=1S/C61H56N12O11S2/c1-4-61(44-28-50-52-38(24-37-11-5-6-16-45(37)66-52)30-73(50)54(75)43(44)31-83-57(61)79)84-56(78)51(33(2)3)70-53(74)48(27-41-29-62-32-63-41)69-60(85)65-39-21-19-34(20-22-39)23-49(55(76)77)72-86(81,82)42-15-10-13-36(26-42)35-12-9-14-40(25-35)64-59(80)71-58-67-46-17-7-8-18-47(46)68-58/h5-22,24-26,28-29,32-33,48-49,51,72H,4,23,27,30-31H2,1-3H3,(H,62,63)(H,70,74)(H,76,77)(H2,65,69,85)(H3,64,67,68,71,80)/t48-,49?,51-,61-/m0/s1. The second-order valence-electron chi connectivity index (χ2n) is 21.0. The molecule has 0 bridgehead atoms. The van der Waals surface area contributed by atoms with E-state index in [-0.39, 0.29) is 59.5 Å². The Morgan fingerprint density at radius 3 is 2.29 bits per heavy atom. The summed E-state index contributed by atoms with van der Waals surface area (Å²) in [5.74, 6) is -4.23. The summed E-state index contributed by atoms with van der Waals surface area (Å²) >= 11 is 5.68. The zero-order valence-corrected chi connectivity index (χ0v) is 48.0. The summed E-state index contributed by atoms with van der Waals surface area (Å²) in [6.07, 6.45) is 2.63. The average Bonchev–Trinajstić information content (AvgIpc) is 3.76. The number of anilines is 3. The SMILES string of the molecule is CC[C@@]1(OC(=O)[C@@H](NC(=O)[C@H](Cc2cnc[nH]2)NC(=S)Nc2ccc(CC(NS(=O)(=O)c3cccc(-c4cccc(NC(=O)Nc5nc6ccccc6[nH]5)c4)c3)C(=O)O)cc2)C(C)C)C(=O)OCc2c1cc1n(c2=O)Cc2cc3ccccc3nc2-1. The van der Waals surface area contributed by atoms with Gasteiger partial charge in [-0.1, -0.05) is 87.5 Å². The number of carbonyl (C=O) groups is 5. The molecular weight excluding hydrogens is 1140 g/mol. The molecule has 0 saturated heterocycles. The third-order valence-corrected chi connectivity index (χ3v) is 16.6. The van der Waals surface area contributed by atoms with E-state index >= 15 is 0 Å². The van der Waals surface area contributed by atoms with Crippen molar-refractivity contribution < 1.29 is 47.0 Å². The Morgan fingerprint density at radius 2 is 1.56 bits per heavy atom. The van der Waals surface area contributed by atoms with Gasteiger partial charge in [-0.25, -0.2) is 37.8 Å². The molecule has 0 saturated carbocycles. The molecule has 0 aliphatic carbocycles. The van der Waals surface area contributed by atoms with Crippen molar-refractivity contribution in [1.29, 1.82) is 0 Å². The van der Waals surface area contributed by atoms with Crippen LogP contribution >= 0.6 is 12.2 Å². The van der Waals surface area contributed by atoms with Crippen LogP contribution in [-0.4, -0.2) is 96.1 Å². The molecule has 23 nitrogen and oxygen atoms in total. The van der Waals surface area contributed by atoms with E-state index < -0.39 is 75.1 Å². The Labute approximate surface area is 496 Å². The molecule has 0 spiro atoms. The largest absolute Gasteiger partial charge is 0.480 e. The number of carboxylic acids is 1. The van der Waals surface area contributed by atoms with E-state index in [1.165, 1.54) is 30.7 Å². The number of pyridine rings is 2. The van der Waals surface area contributed by atoms with Crippen LogP contribution in [0.15, 0.2) is 156 Å². The fraction of sp³-hybridized carbons (Fsp3) is 0.213. The van der Waals surface area contributed by atoms with Crippen LogP contribution in [0.1, 0.15) is 55.1 Å². The number of ether oxygens (including phenoxy) is 2. The Kier molecular flexibility index (Phi) is 16.0. The average molecular weight is 1200 g/mol. The highest BCUT2D eigenvalue weighted by Crippen LogP contribution is 2.41. The molecule has 1 unspecified atom stereocenters. The maximum atomic E-state index is 14.5. The number of aromatic amines is 2. The Morgan fingerprint density at radius 1 is 0.814 bits per heavy atom. The van der Waals surface area contributed by atoms with Gasteiger partial charge in [0.15, 0.2) is 5.11 Å². The number of hydrogen-bond donors (Lipinski definition) is 9. The van der Waals surface area contributed by atoms with Gasteiger partial charge in [-0.2, -0.15) is 4.72 Å². The lowest BCUT2D eigenvalue weighted by Crippen LogP contribution is -2.56. The smallest absolute Gasteiger partial charge is 0.355 e. The van der Waals surface area contributed by atoms with E-state index in [0.717, 1.165) is 22.0 Å². The molecular formula is C61H56N12O11S2. The molecule has 3 amide bonds. The topological polar surface area (TPSA) is 323 Å². The van der Waals surface area contributed by atoms with Crippen LogP contribution in [0.4, 0.5) is 22.1 Å². The van der Waals surface area contributed by atoms with Gasteiger partial charge in [0.05, 0.1) is 51.3 Å². The van der Waals surface area contributed by atoms with Crippen molar-refractivity contribution in [3.8, 4) is 22.5 Å². The second kappa shape index (κ2) is 23.9. The van der Waals surface area contributed by atoms with Gasteiger partial charge >= 0.3 is 23.9 Å². The van der Waals surface area contributed by atoms with Crippen LogP contribution in [0, 0.1) is 5.92 Å². The number of imidazole rings is 2. The van der Waals surface area contributed by atoms with Crippen molar-refractivity contribution in [3.63, 3.8) is 0 Å². The minimum absolute atomic E-state index is 0.0122. The first kappa shape index (κ1) is 57.7. The highest BCUT2D eigenvalue weighted by molar-refractivity contribution is 7.89. The monoisotopic (exact) mass is 1200 g/mol. The summed E-state index contributed by atoms with van der Waals surface area (Å²) in [7, 11) is -4.40. The Balaban J connectivity index is 0.733. The summed E-state index contributed by atoms with van der Waals surface area (Å²) in [6, 6.07) is 33.0. The van der Waals surface area contributed by atoms with E-state index in [4.69, 9.17) is 26.7 Å². The molecule has 9 N–H and O–H groups in total. The van der Waals surface area contributed by atoms with Crippen LogP contribution in [0.2, 0.25) is 0 Å². The molecule has 5 aromatic carbocycles. The molecule has 9 aromatic rings. The molecule has 4 atom stereocenters. The van der Waals surface area contributed by atoms with Gasteiger partial charge in [-0.05, 0) is 114 Å².